The third-order valence-electron chi connectivity index (χ3n) is 2.50. The summed E-state index contributed by atoms with van der Waals surface area (Å²) in [5.41, 5.74) is 3.45. The van der Waals surface area contributed by atoms with Crippen LogP contribution in [0.25, 0.3) is 0 Å². The van der Waals surface area contributed by atoms with Gasteiger partial charge in [-0.2, -0.15) is 5.10 Å². The molecular formula is C15H16N2O3. The molecule has 0 fully saturated rings. The summed E-state index contributed by atoms with van der Waals surface area (Å²) in [5, 5.41) is 3.79. The molecule has 0 aliphatic carbocycles. The summed E-state index contributed by atoms with van der Waals surface area (Å²) in [4.78, 5) is 11.5. The number of amides is 1. The number of benzene rings is 1. The van der Waals surface area contributed by atoms with Gasteiger partial charge in [0.15, 0.2) is 6.61 Å². The Morgan fingerprint density at radius 2 is 2.20 bits per heavy atom. The third kappa shape index (κ3) is 4.28. The first kappa shape index (κ1) is 13.9. The Bertz CT molecular complexity index is 617. The summed E-state index contributed by atoms with van der Waals surface area (Å²) in [5.74, 6) is 1.71. The molecule has 20 heavy (non-hydrogen) atoms. The first-order valence-corrected chi connectivity index (χ1v) is 6.21. The summed E-state index contributed by atoms with van der Waals surface area (Å²) < 4.78 is 10.6. The van der Waals surface area contributed by atoms with Crippen molar-refractivity contribution in [3.63, 3.8) is 0 Å². The monoisotopic (exact) mass is 272 g/mol. The van der Waals surface area contributed by atoms with E-state index in [0.29, 0.717) is 11.5 Å². The highest BCUT2D eigenvalue weighted by Crippen LogP contribution is 2.11. The fourth-order valence-corrected chi connectivity index (χ4v) is 1.58. The van der Waals surface area contributed by atoms with Gasteiger partial charge >= 0.3 is 0 Å². The van der Waals surface area contributed by atoms with Crippen molar-refractivity contribution in [2.75, 3.05) is 6.61 Å². The van der Waals surface area contributed by atoms with Gasteiger partial charge in [-0.1, -0.05) is 12.1 Å². The van der Waals surface area contributed by atoms with Crippen molar-refractivity contribution in [2.24, 2.45) is 5.10 Å². The number of ether oxygens (including phenoxy) is 1. The van der Waals surface area contributed by atoms with E-state index in [-0.39, 0.29) is 12.5 Å². The van der Waals surface area contributed by atoms with Gasteiger partial charge in [-0.15, -0.1) is 0 Å². The average Bonchev–Trinajstić information content (AvgIpc) is 2.82. The Hall–Kier alpha value is -2.56. The molecule has 0 atom stereocenters. The van der Waals surface area contributed by atoms with E-state index in [1.807, 2.05) is 38.1 Å². The minimum atomic E-state index is -0.328. The van der Waals surface area contributed by atoms with Gasteiger partial charge in [0.05, 0.1) is 6.21 Å². The summed E-state index contributed by atoms with van der Waals surface area (Å²) in [6.07, 6.45) is 1.44. The van der Waals surface area contributed by atoms with Gasteiger partial charge < -0.3 is 9.15 Å². The van der Waals surface area contributed by atoms with Crippen molar-refractivity contribution in [2.45, 2.75) is 13.8 Å². The molecule has 1 N–H and O–H groups in total. The number of hydrogen-bond acceptors (Lipinski definition) is 4. The van der Waals surface area contributed by atoms with Gasteiger partial charge in [0.25, 0.3) is 5.91 Å². The lowest BCUT2D eigenvalue weighted by atomic mass is 10.2. The third-order valence-corrected chi connectivity index (χ3v) is 2.50. The minimum absolute atomic E-state index is 0.0853. The maximum Gasteiger partial charge on any atom is 0.277 e. The molecule has 0 aliphatic rings. The first-order valence-electron chi connectivity index (χ1n) is 6.21. The van der Waals surface area contributed by atoms with Crippen LogP contribution in [-0.2, 0) is 4.79 Å². The maximum atomic E-state index is 11.5. The molecule has 0 spiro atoms. The van der Waals surface area contributed by atoms with Crippen LogP contribution in [0.4, 0.5) is 0 Å². The molecule has 5 heteroatoms. The van der Waals surface area contributed by atoms with Crippen molar-refractivity contribution in [3.8, 4) is 5.75 Å². The molecule has 0 saturated heterocycles. The molecule has 1 aromatic heterocycles. The van der Waals surface area contributed by atoms with Gasteiger partial charge in [-0.05, 0) is 43.7 Å². The number of rotatable bonds is 5. The second-order valence-corrected chi connectivity index (χ2v) is 4.35. The van der Waals surface area contributed by atoms with Gasteiger partial charge in [0, 0.05) is 0 Å². The van der Waals surface area contributed by atoms with Crippen LogP contribution in [0.15, 0.2) is 45.9 Å². The number of carbonyl (C=O) groups is 1. The molecule has 1 amide bonds. The first-order chi connectivity index (χ1) is 9.63. The van der Waals surface area contributed by atoms with E-state index in [0.717, 1.165) is 11.3 Å². The number of hydrogen-bond donors (Lipinski definition) is 1. The van der Waals surface area contributed by atoms with E-state index < -0.39 is 0 Å². The Kier molecular flexibility index (Phi) is 4.55. The zero-order valence-electron chi connectivity index (χ0n) is 11.4. The van der Waals surface area contributed by atoms with Gasteiger partial charge in [-0.3, -0.25) is 4.79 Å². The number of hydrazone groups is 1. The fourth-order valence-electron chi connectivity index (χ4n) is 1.58. The van der Waals surface area contributed by atoms with Crippen LogP contribution >= 0.6 is 0 Å². The predicted molar refractivity (Wildman–Crippen MR) is 75.9 cm³/mol. The van der Waals surface area contributed by atoms with Gasteiger partial charge in [0.2, 0.25) is 0 Å². The lowest BCUT2D eigenvalue weighted by Gasteiger charge is -2.05. The molecule has 0 radical (unpaired) electrons. The Labute approximate surface area is 117 Å². The molecule has 5 nitrogen and oxygen atoms in total. The van der Waals surface area contributed by atoms with Crippen molar-refractivity contribution in [1.82, 2.24) is 5.43 Å². The molecule has 104 valence electrons. The quantitative estimate of drug-likeness (QED) is 0.671. The van der Waals surface area contributed by atoms with E-state index in [1.54, 1.807) is 12.1 Å². The predicted octanol–water partition coefficient (Wildman–Crippen LogP) is 2.43. The highest BCUT2D eigenvalue weighted by molar-refractivity contribution is 5.81. The molecule has 1 heterocycles. The molecule has 0 bridgehead atoms. The van der Waals surface area contributed by atoms with Crippen molar-refractivity contribution < 1.29 is 13.9 Å². The molecular weight excluding hydrogens is 256 g/mol. The zero-order valence-corrected chi connectivity index (χ0v) is 11.4. The van der Waals surface area contributed by atoms with E-state index >= 15 is 0 Å². The smallest absolute Gasteiger partial charge is 0.277 e. The van der Waals surface area contributed by atoms with Crippen molar-refractivity contribution >= 4 is 12.1 Å². The number of furan rings is 1. The maximum absolute atomic E-state index is 11.5. The van der Waals surface area contributed by atoms with Gasteiger partial charge in [-0.25, -0.2) is 5.43 Å². The number of aryl methyl sites for hydroxylation is 2. The summed E-state index contributed by atoms with van der Waals surface area (Å²) in [6.45, 7) is 3.71. The van der Waals surface area contributed by atoms with Crippen molar-refractivity contribution in [1.29, 1.82) is 0 Å². The Morgan fingerprint density at radius 1 is 1.35 bits per heavy atom. The second-order valence-electron chi connectivity index (χ2n) is 4.35. The van der Waals surface area contributed by atoms with Crippen LogP contribution in [0.1, 0.15) is 17.1 Å². The van der Waals surface area contributed by atoms with Crippen LogP contribution in [0.2, 0.25) is 0 Å². The summed E-state index contributed by atoms with van der Waals surface area (Å²) >= 11 is 0. The minimum Gasteiger partial charge on any atom is -0.484 e. The highest BCUT2D eigenvalue weighted by Gasteiger charge is 2.01. The molecule has 0 aliphatic heterocycles. The largest absolute Gasteiger partial charge is 0.484 e. The fraction of sp³-hybridized carbons (Fsp3) is 0.200. The van der Waals surface area contributed by atoms with E-state index in [1.165, 1.54) is 6.21 Å². The lowest BCUT2D eigenvalue weighted by molar-refractivity contribution is -0.123. The van der Waals surface area contributed by atoms with E-state index in [2.05, 4.69) is 10.5 Å². The average molecular weight is 272 g/mol. The number of nitrogens with one attached hydrogen (secondary N) is 1. The number of carbonyl (C=O) groups excluding carboxylic acids is 1. The van der Waals surface area contributed by atoms with E-state index in [4.69, 9.17) is 9.15 Å². The standard InChI is InChI=1S/C15H16N2O3/c1-11-4-3-5-13(8-11)19-10-15(18)17-16-9-14-7-6-12(2)20-14/h3-9H,10H2,1-2H3,(H,17,18)/b16-9-. The SMILES string of the molecule is Cc1cccc(OCC(=O)N/N=C\c2ccc(C)o2)c1. The topological polar surface area (TPSA) is 63.8 Å². The van der Waals surface area contributed by atoms with Gasteiger partial charge in [0.1, 0.15) is 17.3 Å². The molecule has 0 saturated carbocycles. The van der Waals surface area contributed by atoms with Crippen LogP contribution in [-0.4, -0.2) is 18.7 Å². The van der Waals surface area contributed by atoms with Crippen LogP contribution in [0.5, 0.6) is 5.75 Å². The van der Waals surface area contributed by atoms with Crippen LogP contribution < -0.4 is 10.2 Å². The zero-order chi connectivity index (χ0) is 14.4. The van der Waals surface area contributed by atoms with Crippen LogP contribution in [0.3, 0.4) is 0 Å². The summed E-state index contributed by atoms with van der Waals surface area (Å²) in [7, 11) is 0. The van der Waals surface area contributed by atoms with Crippen LogP contribution in [0, 0.1) is 13.8 Å². The molecule has 0 unspecified atom stereocenters. The second kappa shape index (κ2) is 6.56. The number of nitrogens with zero attached hydrogens (tertiary/aromatic N) is 1. The Morgan fingerprint density at radius 3 is 2.90 bits per heavy atom. The van der Waals surface area contributed by atoms with Crippen molar-refractivity contribution in [3.05, 3.63) is 53.5 Å². The Balaban J connectivity index is 1.77. The molecule has 1 aromatic carbocycles. The summed E-state index contributed by atoms with van der Waals surface area (Å²) in [6, 6.07) is 11.1. The highest BCUT2D eigenvalue weighted by atomic mass is 16.5. The lowest BCUT2D eigenvalue weighted by Crippen LogP contribution is -2.24. The molecule has 2 rings (SSSR count). The normalized spacial score (nSPS) is 10.7. The molecule has 2 aromatic rings. The van der Waals surface area contributed by atoms with E-state index in [9.17, 15) is 4.79 Å².